The number of rotatable bonds is 24. The van der Waals surface area contributed by atoms with Crippen molar-refractivity contribution < 1.29 is 82.5 Å². The summed E-state index contributed by atoms with van der Waals surface area (Å²) in [5.74, 6) is -11.0. The first-order valence-corrected chi connectivity index (χ1v) is 19.2. The molecule has 4 aromatic rings. The number of aliphatic imine (C=N–C) groups is 2. The largest absolute Gasteiger partial charge is 0.491 e. The summed E-state index contributed by atoms with van der Waals surface area (Å²) < 4.78 is 27.9. The lowest BCUT2D eigenvalue weighted by Crippen LogP contribution is -2.42. The summed E-state index contributed by atoms with van der Waals surface area (Å²) in [4.78, 5) is 106. The highest BCUT2D eigenvalue weighted by atomic mass is 35.5. The van der Waals surface area contributed by atoms with Crippen molar-refractivity contribution in [1.82, 2.24) is 10.6 Å². The first kappa shape index (κ1) is 56.4. The summed E-state index contributed by atoms with van der Waals surface area (Å²) in [6.07, 6.45) is -1.88. The number of carbonyl (C=O) groups is 8. The number of nitrogens with two attached hydrogens (primary N) is 4. The number of nitrogens with zero attached hydrogens (tertiary/aromatic N) is 2. The maximum absolute atomic E-state index is 13.1. The number of guanidine groups is 2. The number of aliphatic carboxylic acids is 4. The van der Waals surface area contributed by atoms with Crippen LogP contribution in [0.5, 0.6) is 23.0 Å². The van der Waals surface area contributed by atoms with Crippen molar-refractivity contribution in [3.63, 3.8) is 0 Å². The Labute approximate surface area is 402 Å². The van der Waals surface area contributed by atoms with Crippen LogP contribution < -0.4 is 52.5 Å². The fourth-order valence-corrected chi connectivity index (χ4v) is 5.44. The van der Waals surface area contributed by atoms with Crippen LogP contribution in [0.2, 0.25) is 0 Å². The topological polar surface area (TPSA) is 416 Å². The summed E-state index contributed by atoms with van der Waals surface area (Å²) in [6, 6.07) is 14.6. The molecule has 0 radical (unpaired) electrons. The number of ether oxygens (including phenoxy) is 5. The SMILES string of the molecule is Cl.Cl.NC(N)=Nc1ccc(C(=O)Oc2cc(OCCOCCOc3cc(OC(=O)c4ccc(N=C(N)N)cc4)cc(C(=O)N[C@@H](CC(=O)O)C(=O)O)c3)cc(C(=O)N[C@@H](CC(=O)O)C(=O)O)c2)cc1. The molecular formula is C42H44Cl2N8O17. The Hall–Kier alpha value is -8.68. The summed E-state index contributed by atoms with van der Waals surface area (Å²) >= 11 is 0. The van der Waals surface area contributed by atoms with E-state index in [1.807, 2.05) is 0 Å². The van der Waals surface area contributed by atoms with Gasteiger partial charge in [0.1, 0.15) is 48.3 Å². The lowest BCUT2D eigenvalue weighted by molar-refractivity contribution is -0.145. The van der Waals surface area contributed by atoms with E-state index in [1.54, 1.807) is 0 Å². The van der Waals surface area contributed by atoms with Gasteiger partial charge < -0.3 is 77.7 Å². The van der Waals surface area contributed by atoms with Crippen LogP contribution >= 0.6 is 24.8 Å². The Morgan fingerprint density at radius 1 is 0.478 bits per heavy atom. The first-order valence-electron chi connectivity index (χ1n) is 19.2. The number of carboxylic acid groups (broad SMARTS) is 4. The first-order chi connectivity index (χ1) is 31.8. The zero-order valence-electron chi connectivity index (χ0n) is 35.6. The number of carbonyl (C=O) groups excluding carboxylic acids is 4. The van der Waals surface area contributed by atoms with Gasteiger partial charge in [-0.3, -0.25) is 19.2 Å². The predicted octanol–water partition coefficient (Wildman–Crippen LogP) is 1.57. The average Bonchev–Trinajstić information content (AvgIpc) is 3.25. The zero-order valence-corrected chi connectivity index (χ0v) is 37.2. The van der Waals surface area contributed by atoms with Crippen molar-refractivity contribution >= 4 is 95.7 Å². The van der Waals surface area contributed by atoms with E-state index < -0.39 is 72.6 Å². The molecule has 0 unspecified atom stereocenters. The molecule has 2 amide bonds. The normalized spacial score (nSPS) is 11.0. The van der Waals surface area contributed by atoms with E-state index in [0.29, 0.717) is 11.4 Å². The summed E-state index contributed by atoms with van der Waals surface area (Å²) in [5.41, 5.74) is 21.8. The van der Waals surface area contributed by atoms with Gasteiger partial charge in [0.15, 0.2) is 11.9 Å². The maximum Gasteiger partial charge on any atom is 0.343 e. The minimum absolute atomic E-state index is 0. The fourth-order valence-electron chi connectivity index (χ4n) is 5.44. The highest BCUT2D eigenvalue weighted by Crippen LogP contribution is 2.27. The fraction of sp³-hybridized carbons (Fsp3) is 0.190. The molecule has 0 saturated heterocycles. The quantitative estimate of drug-likeness (QED) is 0.0156. The molecule has 14 N–H and O–H groups in total. The Morgan fingerprint density at radius 2 is 0.812 bits per heavy atom. The molecule has 0 heterocycles. The van der Waals surface area contributed by atoms with Gasteiger partial charge in [-0.05, 0) is 72.8 Å². The molecule has 4 aromatic carbocycles. The minimum atomic E-state index is -1.81. The maximum atomic E-state index is 13.1. The molecule has 0 saturated carbocycles. The third-order valence-electron chi connectivity index (χ3n) is 8.39. The van der Waals surface area contributed by atoms with Gasteiger partial charge in [0.2, 0.25) is 0 Å². The van der Waals surface area contributed by atoms with Gasteiger partial charge >= 0.3 is 35.8 Å². The van der Waals surface area contributed by atoms with E-state index in [1.165, 1.54) is 72.8 Å². The van der Waals surface area contributed by atoms with Crippen molar-refractivity contribution in [3.05, 3.63) is 107 Å². The van der Waals surface area contributed by atoms with Crippen molar-refractivity contribution in [2.75, 3.05) is 26.4 Å². The summed E-state index contributed by atoms with van der Waals surface area (Å²) in [7, 11) is 0. The van der Waals surface area contributed by atoms with Crippen LogP contribution in [0.1, 0.15) is 54.3 Å². The van der Waals surface area contributed by atoms with Gasteiger partial charge in [-0.25, -0.2) is 29.2 Å². The molecule has 4 rings (SSSR count). The number of nitrogens with one attached hydrogen (secondary N) is 2. The van der Waals surface area contributed by atoms with Crippen LogP contribution in [0.3, 0.4) is 0 Å². The molecule has 0 spiro atoms. The Bertz CT molecular complexity index is 2400. The molecule has 25 nitrogen and oxygen atoms in total. The molecule has 0 bridgehead atoms. The molecule has 0 aliphatic carbocycles. The van der Waals surface area contributed by atoms with Crippen molar-refractivity contribution in [3.8, 4) is 23.0 Å². The molecule has 2 atom stereocenters. The zero-order chi connectivity index (χ0) is 49.2. The van der Waals surface area contributed by atoms with E-state index in [2.05, 4.69) is 20.6 Å². The van der Waals surface area contributed by atoms with Crippen LogP contribution in [0, 0.1) is 0 Å². The Balaban J connectivity index is 0.00000817. The number of carboxylic acids is 4. The highest BCUT2D eigenvalue weighted by Gasteiger charge is 2.26. The third-order valence-corrected chi connectivity index (χ3v) is 8.39. The van der Waals surface area contributed by atoms with Crippen LogP contribution in [0.15, 0.2) is 94.9 Å². The Morgan fingerprint density at radius 3 is 1.12 bits per heavy atom. The summed E-state index contributed by atoms with van der Waals surface area (Å²) in [6.45, 7) is -0.620. The van der Waals surface area contributed by atoms with Crippen LogP contribution in [-0.2, 0) is 23.9 Å². The highest BCUT2D eigenvalue weighted by molar-refractivity contribution is 6.00. The molecule has 0 aromatic heterocycles. The van der Waals surface area contributed by atoms with Crippen molar-refractivity contribution in [1.29, 1.82) is 0 Å². The summed E-state index contributed by atoms with van der Waals surface area (Å²) in [5, 5.41) is 41.2. The number of benzene rings is 4. The van der Waals surface area contributed by atoms with Crippen LogP contribution in [0.4, 0.5) is 11.4 Å². The minimum Gasteiger partial charge on any atom is -0.491 e. The number of hydrogen-bond acceptors (Lipinski definition) is 15. The number of amides is 2. The van der Waals surface area contributed by atoms with E-state index in [-0.39, 0.29) is 108 Å². The van der Waals surface area contributed by atoms with Crippen molar-refractivity contribution in [2.24, 2.45) is 32.9 Å². The molecule has 0 fully saturated rings. The lowest BCUT2D eigenvalue weighted by Gasteiger charge is -2.15. The lowest BCUT2D eigenvalue weighted by atomic mass is 10.1. The van der Waals surface area contributed by atoms with Gasteiger partial charge in [-0.15, -0.1) is 24.8 Å². The van der Waals surface area contributed by atoms with E-state index in [9.17, 15) is 48.6 Å². The molecule has 368 valence electrons. The Kier molecular flexibility index (Phi) is 22.2. The molecule has 0 aliphatic rings. The van der Waals surface area contributed by atoms with Gasteiger partial charge in [0, 0.05) is 23.3 Å². The van der Waals surface area contributed by atoms with E-state index in [4.69, 9.17) is 56.8 Å². The average molecular weight is 1000 g/mol. The molecule has 69 heavy (non-hydrogen) atoms. The third kappa shape index (κ3) is 19.0. The van der Waals surface area contributed by atoms with Crippen molar-refractivity contribution in [2.45, 2.75) is 24.9 Å². The van der Waals surface area contributed by atoms with E-state index in [0.717, 1.165) is 12.1 Å². The van der Waals surface area contributed by atoms with Gasteiger partial charge in [-0.1, -0.05) is 0 Å². The second kappa shape index (κ2) is 27.1. The van der Waals surface area contributed by atoms with Gasteiger partial charge in [0.05, 0.1) is 48.6 Å². The van der Waals surface area contributed by atoms with E-state index >= 15 is 0 Å². The standard InChI is InChI=1S/C42H42N8O17.2ClH/c43-41(44)47-25-5-1-21(2-6-25)39(61)66-29-15-23(35(55)49-31(37(57)58)19-33(51)52)13-27(17-29)64-11-9-63-10-12-65-28-14-24(36(56)50-32(38(59)60)20-34(53)54)16-30(18-28)67-40(62)22-3-7-26(8-4-22)48-42(45)46;;/h1-8,13-18,31-32H,9-12,19-20H2,(H,49,55)(H,50,56)(H,51,52)(H,53,54)(H,57,58)(H,59,60)(H4,43,44,47)(H4,45,46,48);2*1H/t31-,32-;;/m0../s1. The second-order valence-corrected chi connectivity index (χ2v) is 13.6. The van der Waals surface area contributed by atoms with Crippen LogP contribution in [0.25, 0.3) is 0 Å². The molecule has 27 heteroatoms. The second-order valence-electron chi connectivity index (χ2n) is 13.6. The predicted molar refractivity (Wildman–Crippen MR) is 245 cm³/mol. The molecular weight excluding hydrogens is 959 g/mol. The number of esters is 2. The van der Waals surface area contributed by atoms with Gasteiger partial charge in [-0.2, -0.15) is 0 Å². The van der Waals surface area contributed by atoms with Gasteiger partial charge in [0.25, 0.3) is 11.8 Å². The number of halogens is 2. The monoisotopic (exact) mass is 1000 g/mol. The van der Waals surface area contributed by atoms with Crippen LogP contribution in [-0.4, -0.2) is 118 Å². The number of hydrogen-bond donors (Lipinski definition) is 10. The smallest absolute Gasteiger partial charge is 0.343 e. The molecule has 0 aliphatic heterocycles.